The van der Waals surface area contributed by atoms with Crippen LogP contribution in [0.3, 0.4) is 0 Å². The lowest BCUT2D eigenvalue weighted by atomic mass is 10.0. The van der Waals surface area contributed by atoms with Crippen LogP contribution in [0.1, 0.15) is 51.6 Å². The Morgan fingerprint density at radius 3 is 2.86 bits per heavy atom. The van der Waals surface area contributed by atoms with E-state index in [-0.39, 0.29) is 12.1 Å². The molecule has 5 nitrogen and oxygen atoms in total. The van der Waals surface area contributed by atoms with Gasteiger partial charge in [0, 0.05) is 31.2 Å². The van der Waals surface area contributed by atoms with E-state index in [4.69, 9.17) is 4.74 Å². The Bertz CT molecular complexity index is 484. The monoisotopic (exact) mass is 325 g/mol. The molecule has 2 rings (SSSR count). The summed E-state index contributed by atoms with van der Waals surface area (Å²) in [7, 11) is 1.84. The van der Waals surface area contributed by atoms with Crippen LogP contribution in [0.25, 0.3) is 0 Å². The van der Waals surface area contributed by atoms with E-state index >= 15 is 0 Å². The van der Waals surface area contributed by atoms with Gasteiger partial charge in [-0.25, -0.2) is 9.78 Å². The van der Waals surface area contributed by atoms with Crippen LogP contribution in [0.2, 0.25) is 0 Å². The summed E-state index contributed by atoms with van der Waals surface area (Å²) >= 11 is 1.69. The second-order valence-corrected chi connectivity index (χ2v) is 7.85. The van der Waals surface area contributed by atoms with Gasteiger partial charge in [-0.2, -0.15) is 0 Å². The first-order valence-corrected chi connectivity index (χ1v) is 8.75. The van der Waals surface area contributed by atoms with Crippen LogP contribution < -0.4 is 0 Å². The highest BCUT2D eigenvalue weighted by Crippen LogP contribution is 2.27. The molecule has 1 fully saturated rings. The van der Waals surface area contributed by atoms with Gasteiger partial charge in [-0.1, -0.05) is 0 Å². The SMILES string of the molecule is C[C@H](c1nccs1)N1CCC[C@@H](N(C)C(=O)OC(C)(C)C)C1. The molecule has 2 heterocycles. The zero-order valence-corrected chi connectivity index (χ0v) is 15.0. The Morgan fingerprint density at radius 1 is 1.55 bits per heavy atom. The van der Waals surface area contributed by atoms with E-state index < -0.39 is 5.60 Å². The quantitative estimate of drug-likeness (QED) is 0.853. The second kappa shape index (κ2) is 6.96. The van der Waals surface area contributed by atoms with Crippen molar-refractivity contribution in [1.29, 1.82) is 0 Å². The standard InChI is InChI=1S/C16H27N3O2S/c1-12(14-17-8-10-22-14)19-9-6-7-13(11-19)18(5)15(20)21-16(2,3)4/h8,10,12-13H,6-7,9,11H2,1-5H3/t12-,13-/m1/s1. The van der Waals surface area contributed by atoms with Gasteiger partial charge in [0.15, 0.2) is 0 Å². The van der Waals surface area contributed by atoms with E-state index in [1.165, 1.54) is 0 Å². The van der Waals surface area contributed by atoms with Crippen molar-refractivity contribution in [3.8, 4) is 0 Å². The lowest BCUT2D eigenvalue weighted by molar-refractivity contribution is 0.0105. The fraction of sp³-hybridized carbons (Fsp3) is 0.750. The van der Waals surface area contributed by atoms with Crippen LogP contribution in [0, 0.1) is 0 Å². The molecular weight excluding hydrogens is 298 g/mol. The van der Waals surface area contributed by atoms with Gasteiger partial charge in [0.05, 0.1) is 6.04 Å². The second-order valence-electron chi connectivity index (χ2n) is 6.93. The molecule has 0 unspecified atom stereocenters. The van der Waals surface area contributed by atoms with Gasteiger partial charge in [-0.05, 0) is 47.1 Å². The molecule has 0 radical (unpaired) electrons. The minimum atomic E-state index is -0.451. The third-order valence-corrected chi connectivity index (χ3v) is 4.96. The molecule has 1 saturated heterocycles. The Balaban J connectivity index is 1.96. The number of ether oxygens (including phenoxy) is 1. The van der Waals surface area contributed by atoms with E-state index in [0.29, 0.717) is 6.04 Å². The van der Waals surface area contributed by atoms with E-state index in [0.717, 1.165) is 30.9 Å². The average molecular weight is 325 g/mol. The fourth-order valence-electron chi connectivity index (χ4n) is 2.73. The largest absolute Gasteiger partial charge is 0.444 e. The highest BCUT2D eigenvalue weighted by atomic mass is 32.1. The Hall–Kier alpha value is -1.14. The summed E-state index contributed by atoms with van der Waals surface area (Å²) < 4.78 is 5.48. The smallest absolute Gasteiger partial charge is 0.410 e. The average Bonchev–Trinajstić information content (AvgIpc) is 2.98. The highest BCUT2D eigenvalue weighted by Gasteiger charge is 2.31. The lowest BCUT2D eigenvalue weighted by Crippen LogP contribution is -2.50. The molecule has 6 heteroatoms. The highest BCUT2D eigenvalue weighted by molar-refractivity contribution is 7.09. The van der Waals surface area contributed by atoms with Crippen molar-refractivity contribution >= 4 is 17.4 Å². The summed E-state index contributed by atoms with van der Waals surface area (Å²) in [5.41, 5.74) is -0.451. The van der Waals surface area contributed by atoms with E-state index in [1.54, 1.807) is 16.2 Å². The minimum absolute atomic E-state index is 0.200. The van der Waals surface area contributed by atoms with Crippen LogP contribution in [0.4, 0.5) is 4.79 Å². The zero-order chi connectivity index (χ0) is 16.3. The number of hydrogen-bond donors (Lipinski definition) is 0. The number of aromatic nitrogens is 1. The molecule has 0 bridgehead atoms. The van der Waals surface area contributed by atoms with Crippen LogP contribution >= 0.6 is 11.3 Å². The van der Waals surface area contributed by atoms with E-state index in [2.05, 4.69) is 16.8 Å². The van der Waals surface area contributed by atoms with Gasteiger partial charge < -0.3 is 9.64 Å². The zero-order valence-electron chi connectivity index (χ0n) is 14.2. The van der Waals surface area contributed by atoms with Gasteiger partial charge in [0.1, 0.15) is 10.6 Å². The molecule has 1 aliphatic heterocycles. The number of likely N-dealkylation sites (tertiary alicyclic amines) is 1. The predicted molar refractivity (Wildman–Crippen MR) is 89.1 cm³/mol. The minimum Gasteiger partial charge on any atom is -0.444 e. The maximum Gasteiger partial charge on any atom is 0.410 e. The first kappa shape index (κ1) is 17.2. The molecule has 2 atom stereocenters. The lowest BCUT2D eigenvalue weighted by Gasteiger charge is -2.40. The maximum atomic E-state index is 12.2. The third-order valence-electron chi connectivity index (χ3n) is 4.01. The number of amides is 1. The van der Waals surface area contributed by atoms with Crippen LogP contribution in [0.15, 0.2) is 11.6 Å². The van der Waals surface area contributed by atoms with Crippen molar-refractivity contribution < 1.29 is 9.53 Å². The summed E-state index contributed by atoms with van der Waals surface area (Å²) in [6.07, 6.45) is 3.73. The van der Waals surface area contributed by atoms with Crippen molar-refractivity contribution in [1.82, 2.24) is 14.8 Å². The number of rotatable bonds is 3. The van der Waals surface area contributed by atoms with Gasteiger partial charge in [-0.15, -0.1) is 11.3 Å². The molecule has 0 aliphatic carbocycles. The molecule has 124 valence electrons. The van der Waals surface area contributed by atoms with Crippen LogP contribution in [-0.2, 0) is 4.74 Å². The van der Waals surface area contributed by atoms with Crippen molar-refractivity contribution in [3.05, 3.63) is 16.6 Å². The molecule has 1 aromatic heterocycles. The molecule has 0 aromatic carbocycles. The van der Waals surface area contributed by atoms with Gasteiger partial charge in [0.2, 0.25) is 0 Å². The normalized spacial score (nSPS) is 21.4. The van der Waals surface area contributed by atoms with Crippen LogP contribution in [0.5, 0.6) is 0 Å². The van der Waals surface area contributed by atoms with Gasteiger partial charge in [-0.3, -0.25) is 4.90 Å². The Morgan fingerprint density at radius 2 is 2.27 bits per heavy atom. The predicted octanol–water partition coefficient (Wildman–Crippen LogP) is 3.54. The number of nitrogens with zero attached hydrogens (tertiary/aromatic N) is 3. The van der Waals surface area contributed by atoms with E-state index in [1.807, 2.05) is 39.4 Å². The summed E-state index contributed by atoms with van der Waals surface area (Å²) in [6.45, 7) is 9.81. The Kier molecular flexibility index (Phi) is 5.45. The topological polar surface area (TPSA) is 45.7 Å². The molecular formula is C16H27N3O2S. The van der Waals surface area contributed by atoms with Crippen molar-refractivity contribution in [2.24, 2.45) is 0 Å². The number of hydrogen-bond acceptors (Lipinski definition) is 5. The summed E-state index contributed by atoms with van der Waals surface area (Å²) in [5.74, 6) is 0. The van der Waals surface area contributed by atoms with Crippen molar-refractivity contribution in [3.63, 3.8) is 0 Å². The molecule has 22 heavy (non-hydrogen) atoms. The fourth-order valence-corrected chi connectivity index (χ4v) is 3.46. The Labute approximate surface area is 137 Å². The molecule has 1 aromatic rings. The number of thiazole rings is 1. The van der Waals surface area contributed by atoms with Crippen molar-refractivity contribution in [2.75, 3.05) is 20.1 Å². The maximum absolute atomic E-state index is 12.2. The molecule has 1 amide bonds. The third kappa shape index (κ3) is 4.43. The van der Waals surface area contributed by atoms with Crippen LogP contribution in [-0.4, -0.2) is 52.7 Å². The first-order chi connectivity index (χ1) is 10.3. The van der Waals surface area contributed by atoms with Gasteiger partial charge in [0.25, 0.3) is 0 Å². The summed E-state index contributed by atoms with van der Waals surface area (Å²) in [5, 5.41) is 3.15. The number of carbonyl (C=O) groups excluding carboxylic acids is 1. The molecule has 0 spiro atoms. The molecule has 0 N–H and O–H groups in total. The number of carbonyl (C=O) groups is 1. The number of likely N-dealkylation sites (N-methyl/N-ethyl adjacent to an activating group) is 1. The number of piperidine rings is 1. The molecule has 0 saturated carbocycles. The summed E-state index contributed by atoms with van der Waals surface area (Å²) in [4.78, 5) is 20.8. The molecule has 1 aliphatic rings. The summed E-state index contributed by atoms with van der Waals surface area (Å²) in [6, 6.07) is 0.501. The first-order valence-electron chi connectivity index (χ1n) is 7.87. The van der Waals surface area contributed by atoms with E-state index in [9.17, 15) is 4.79 Å². The van der Waals surface area contributed by atoms with Gasteiger partial charge >= 0.3 is 6.09 Å². The van der Waals surface area contributed by atoms with Crippen molar-refractivity contribution in [2.45, 2.75) is 58.2 Å².